The van der Waals surface area contributed by atoms with Gasteiger partial charge in [-0.3, -0.25) is 9.98 Å². The Labute approximate surface area is 162 Å². The topological polar surface area (TPSA) is 49.3 Å². The van der Waals surface area contributed by atoms with Gasteiger partial charge in [-0.2, -0.15) is 0 Å². The van der Waals surface area contributed by atoms with Crippen molar-refractivity contribution in [3.8, 4) is 0 Å². The molecular formula is C19H29IN4. The van der Waals surface area contributed by atoms with E-state index in [-0.39, 0.29) is 24.0 Å². The number of nitrogens with one attached hydrogen (secondary N) is 2. The molecule has 0 aliphatic heterocycles. The number of fused-ring (bicyclic) bond motifs is 1. The molecule has 1 aromatic carbocycles. The van der Waals surface area contributed by atoms with Crippen LogP contribution in [0.4, 0.5) is 0 Å². The molecule has 0 amide bonds. The van der Waals surface area contributed by atoms with Gasteiger partial charge in [0.15, 0.2) is 5.96 Å². The summed E-state index contributed by atoms with van der Waals surface area (Å²) in [4.78, 5) is 8.78. The normalized spacial score (nSPS) is 11.4. The second-order valence-corrected chi connectivity index (χ2v) is 6.22. The molecule has 2 N–H and O–H groups in total. The molecule has 0 radical (unpaired) electrons. The number of unbranched alkanes of at least 4 members (excludes halogenated alkanes) is 1. The van der Waals surface area contributed by atoms with Crippen LogP contribution in [0.1, 0.15) is 38.8 Å². The van der Waals surface area contributed by atoms with Crippen LogP contribution in [0.2, 0.25) is 0 Å². The fourth-order valence-corrected chi connectivity index (χ4v) is 2.60. The van der Waals surface area contributed by atoms with Crippen molar-refractivity contribution in [1.82, 2.24) is 15.6 Å². The molecule has 0 unspecified atom stereocenters. The van der Waals surface area contributed by atoms with E-state index in [0.29, 0.717) is 6.54 Å². The summed E-state index contributed by atoms with van der Waals surface area (Å²) in [6.07, 6.45) is 5.58. The van der Waals surface area contributed by atoms with Gasteiger partial charge in [0.2, 0.25) is 0 Å². The number of pyridine rings is 1. The lowest BCUT2D eigenvalue weighted by molar-refractivity contribution is 0.534. The molecular weight excluding hydrogens is 411 g/mol. The molecule has 1 aromatic heterocycles. The molecule has 1 heterocycles. The number of hydrogen-bond donors (Lipinski definition) is 2. The molecule has 2 aromatic rings. The summed E-state index contributed by atoms with van der Waals surface area (Å²) in [5.41, 5.74) is 1.05. The summed E-state index contributed by atoms with van der Waals surface area (Å²) in [6.45, 7) is 6.17. The smallest absolute Gasteiger partial charge is 0.191 e. The molecule has 0 fully saturated rings. The number of nitrogens with zero attached hydrogens (tertiary/aromatic N) is 2. The van der Waals surface area contributed by atoms with Crippen LogP contribution in [0.25, 0.3) is 10.8 Å². The third-order valence-corrected chi connectivity index (χ3v) is 3.90. The van der Waals surface area contributed by atoms with Crippen LogP contribution in [0.15, 0.2) is 41.5 Å². The second kappa shape index (κ2) is 11.2. The van der Waals surface area contributed by atoms with Crippen LogP contribution >= 0.6 is 24.0 Å². The third kappa shape index (κ3) is 6.63. The minimum absolute atomic E-state index is 0. The van der Waals surface area contributed by atoms with Gasteiger partial charge in [-0.05, 0) is 23.8 Å². The van der Waals surface area contributed by atoms with E-state index in [2.05, 4.69) is 58.7 Å². The number of aromatic nitrogens is 1. The summed E-state index contributed by atoms with van der Waals surface area (Å²) < 4.78 is 0. The lowest BCUT2D eigenvalue weighted by atomic mass is 10.1. The molecule has 0 bridgehead atoms. The van der Waals surface area contributed by atoms with Gasteiger partial charge in [-0.25, -0.2) is 0 Å². The van der Waals surface area contributed by atoms with Crippen molar-refractivity contribution in [2.45, 2.75) is 39.7 Å². The van der Waals surface area contributed by atoms with Crippen molar-refractivity contribution >= 4 is 40.7 Å². The molecule has 0 aliphatic carbocycles. The van der Waals surface area contributed by atoms with Gasteiger partial charge in [-0.15, -0.1) is 24.0 Å². The molecule has 0 spiro atoms. The van der Waals surface area contributed by atoms with Crippen LogP contribution in [-0.4, -0.2) is 24.5 Å². The minimum Gasteiger partial charge on any atom is -0.356 e. The standard InChI is InChI=1S/C19H28N4.HI/c1-15(2)8-6-7-12-22-19(20-3)23-14-18-17-10-5-4-9-16(17)11-13-21-18;/h4-5,9-11,13,15H,6-8,12,14H2,1-3H3,(H2,20,22,23);1H. The molecule has 4 nitrogen and oxygen atoms in total. The van der Waals surface area contributed by atoms with Gasteiger partial charge in [0, 0.05) is 25.2 Å². The highest BCUT2D eigenvalue weighted by Gasteiger charge is 2.03. The maximum absolute atomic E-state index is 4.50. The molecule has 2 rings (SSSR count). The molecule has 132 valence electrons. The highest BCUT2D eigenvalue weighted by molar-refractivity contribution is 14.0. The zero-order valence-electron chi connectivity index (χ0n) is 14.9. The fraction of sp³-hybridized carbons (Fsp3) is 0.474. The zero-order chi connectivity index (χ0) is 16.5. The zero-order valence-corrected chi connectivity index (χ0v) is 17.2. The van der Waals surface area contributed by atoms with Gasteiger partial charge < -0.3 is 10.6 Å². The molecule has 0 saturated carbocycles. The van der Waals surface area contributed by atoms with E-state index >= 15 is 0 Å². The largest absolute Gasteiger partial charge is 0.356 e. The van der Waals surface area contributed by atoms with Gasteiger partial charge in [0.1, 0.15) is 0 Å². The highest BCUT2D eigenvalue weighted by atomic mass is 127. The second-order valence-electron chi connectivity index (χ2n) is 6.22. The Hall–Kier alpha value is -1.37. The van der Waals surface area contributed by atoms with Crippen molar-refractivity contribution in [1.29, 1.82) is 0 Å². The van der Waals surface area contributed by atoms with E-state index in [9.17, 15) is 0 Å². The Morgan fingerprint density at radius 3 is 2.67 bits per heavy atom. The quantitative estimate of drug-likeness (QED) is 0.292. The Balaban J connectivity index is 0.00000288. The SMILES string of the molecule is CN=C(NCCCCC(C)C)NCc1nccc2ccccc12.I. The monoisotopic (exact) mass is 440 g/mol. The summed E-state index contributed by atoms with van der Waals surface area (Å²) in [5, 5.41) is 9.13. The first-order chi connectivity index (χ1) is 11.2. The van der Waals surface area contributed by atoms with E-state index in [1.54, 1.807) is 7.05 Å². The van der Waals surface area contributed by atoms with Gasteiger partial charge in [0.25, 0.3) is 0 Å². The van der Waals surface area contributed by atoms with Gasteiger partial charge in [0.05, 0.1) is 12.2 Å². The first-order valence-corrected chi connectivity index (χ1v) is 8.48. The number of guanidine groups is 1. The number of hydrogen-bond acceptors (Lipinski definition) is 2. The van der Waals surface area contributed by atoms with E-state index in [1.807, 2.05) is 12.3 Å². The first kappa shape index (κ1) is 20.7. The van der Waals surface area contributed by atoms with Crippen molar-refractivity contribution in [2.75, 3.05) is 13.6 Å². The van der Waals surface area contributed by atoms with E-state index in [0.717, 1.165) is 24.1 Å². The summed E-state index contributed by atoms with van der Waals surface area (Å²) >= 11 is 0. The first-order valence-electron chi connectivity index (χ1n) is 8.48. The Kier molecular flexibility index (Phi) is 9.67. The molecule has 0 aliphatic rings. The van der Waals surface area contributed by atoms with Crippen molar-refractivity contribution < 1.29 is 0 Å². The van der Waals surface area contributed by atoms with E-state index in [4.69, 9.17) is 0 Å². The minimum atomic E-state index is 0. The Morgan fingerprint density at radius 2 is 1.92 bits per heavy atom. The van der Waals surface area contributed by atoms with Crippen LogP contribution in [0.5, 0.6) is 0 Å². The number of aliphatic imine (C=N–C) groups is 1. The van der Waals surface area contributed by atoms with Crippen LogP contribution in [-0.2, 0) is 6.54 Å². The third-order valence-electron chi connectivity index (χ3n) is 3.90. The van der Waals surface area contributed by atoms with Crippen molar-refractivity contribution in [3.63, 3.8) is 0 Å². The van der Waals surface area contributed by atoms with Crippen LogP contribution in [0.3, 0.4) is 0 Å². The van der Waals surface area contributed by atoms with Crippen molar-refractivity contribution in [2.24, 2.45) is 10.9 Å². The summed E-state index contributed by atoms with van der Waals surface area (Å²) in [6, 6.07) is 10.4. The summed E-state index contributed by atoms with van der Waals surface area (Å²) in [7, 11) is 1.81. The highest BCUT2D eigenvalue weighted by Crippen LogP contribution is 2.15. The fourth-order valence-electron chi connectivity index (χ4n) is 2.60. The van der Waals surface area contributed by atoms with Gasteiger partial charge >= 0.3 is 0 Å². The van der Waals surface area contributed by atoms with Crippen molar-refractivity contribution in [3.05, 3.63) is 42.2 Å². The average Bonchev–Trinajstić information content (AvgIpc) is 2.57. The average molecular weight is 440 g/mol. The van der Waals surface area contributed by atoms with Crippen LogP contribution < -0.4 is 10.6 Å². The van der Waals surface area contributed by atoms with Gasteiger partial charge in [-0.1, -0.05) is 51.0 Å². The lowest BCUT2D eigenvalue weighted by Crippen LogP contribution is -2.37. The molecule has 0 atom stereocenters. The predicted octanol–water partition coefficient (Wildman–Crippen LogP) is 4.34. The van der Waals surface area contributed by atoms with Crippen LogP contribution in [0, 0.1) is 5.92 Å². The maximum atomic E-state index is 4.50. The van der Waals surface area contributed by atoms with E-state index < -0.39 is 0 Å². The van der Waals surface area contributed by atoms with E-state index in [1.165, 1.54) is 30.0 Å². The maximum Gasteiger partial charge on any atom is 0.191 e. The Morgan fingerprint density at radius 1 is 1.12 bits per heavy atom. The predicted molar refractivity (Wildman–Crippen MR) is 114 cm³/mol. The lowest BCUT2D eigenvalue weighted by Gasteiger charge is -2.13. The number of rotatable bonds is 7. The summed E-state index contributed by atoms with van der Waals surface area (Å²) in [5.74, 6) is 1.62. The molecule has 0 saturated heterocycles. The number of halogens is 1. The Bertz CT molecular complexity index is 635. The molecule has 24 heavy (non-hydrogen) atoms. The molecule has 5 heteroatoms. The number of benzene rings is 1.